The molecule has 0 bridgehead atoms. The molecule has 76 valence electrons. The Hall–Kier alpha value is -1.97. The van der Waals surface area contributed by atoms with Crippen LogP contribution in [0.15, 0.2) is 30.6 Å². The van der Waals surface area contributed by atoms with Crippen LogP contribution in [0.1, 0.15) is 18.4 Å². The summed E-state index contributed by atoms with van der Waals surface area (Å²) in [6.45, 7) is 1.66. The first kappa shape index (κ1) is 9.58. The second-order valence-corrected chi connectivity index (χ2v) is 3.33. The van der Waals surface area contributed by atoms with E-state index < -0.39 is 11.9 Å². The fourth-order valence-corrected chi connectivity index (χ4v) is 1.51. The van der Waals surface area contributed by atoms with E-state index in [2.05, 4.69) is 9.97 Å². The van der Waals surface area contributed by atoms with Crippen LogP contribution in [0, 0.1) is 0 Å². The van der Waals surface area contributed by atoms with E-state index in [1.54, 1.807) is 31.5 Å². The van der Waals surface area contributed by atoms with Crippen molar-refractivity contribution in [3.8, 4) is 0 Å². The number of carboxylic acids is 1. The molecule has 2 heterocycles. The third kappa shape index (κ3) is 1.66. The molecule has 1 atom stereocenters. The zero-order valence-electron chi connectivity index (χ0n) is 8.21. The molecule has 0 fully saturated rings. The Bertz CT molecular complexity index is 505. The summed E-state index contributed by atoms with van der Waals surface area (Å²) in [7, 11) is 0. The minimum absolute atomic E-state index is 0.542. The average Bonchev–Trinajstić information content (AvgIpc) is 2.27. The van der Waals surface area contributed by atoms with E-state index in [9.17, 15) is 4.79 Å². The molecule has 0 aromatic carbocycles. The number of carboxylic acid groups (broad SMARTS) is 1. The molecule has 4 heteroatoms. The normalized spacial score (nSPS) is 12.6. The lowest BCUT2D eigenvalue weighted by atomic mass is 9.99. The van der Waals surface area contributed by atoms with Gasteiger partial charge in [-0.1, -0.05) is 0 Å². The van der Waals surface area contributed by atoms with Gasteiger partial charge in [-0.25, -0.2) is 9.97 Å². The predicted molar refractivity (Wildman–Crippen MR) is 55.6 cm³/mol. The Labute approximate surface area is 86.6 Å². The number of fused-ring (bicyclic) bond motifs is 1. The SMILES string of the molecule is CC(C(=O)O)c1ccnc2ncccc12. The summed E-state index contributed by atoms with van der Waals surface area (Å²) >= 11 is 0. The van der Waals surface area contributed by atoms with E-state index in [0.29, 0.717) is 5.65 Å². The molecule has 0 aliphatic carbocycles. The fraction of sp³-hybridized carbons (Fsp3) is 0.182. The van der Waals surface area contributed by atoms with Crippen LogP contribution in [0.4, 0.5) is 0 Å². The molecule has 2 rings (SSSR count). The van der Waals surface area contributed by atoms with Crippen molar-refractivity contribution < 1.29 is 9.90 Å². The van der Waals surface area contributed by atoms with Crippen molar-refractivity contribution >= 4 is 17.0 Å². The van der Waals surface area contributed by atoms with Crippen molar-refractivity contribution in [2.45, 2.75) is 12.8 Å². The van der Waals surface area contributed by atoms with Gasteiger partial charge in [-0.2, -0.15) is 0 Å². The molecule has 0 saturated heterocycles. The van der Waals surface area contributed by atoms with Gasteiger partial charge < -0.3 is 5.11 Å². The Kier molecular flexibility index (Phi) is 2.33. The lowest BCUT2D eigenvalue weighted by molar-refractivity contribution is -0.138. The Morgan fingerprint density at radius 2 is 2.07 bits per heavy atom. The monoisotopic (exact) mass is 202 g/mol. The maximum Gasteiger partial charge on any atom is 0.310 e. The summed E-state index contributed by atoms with van der Waals surface area (Å²) in [4.78, 5) is 19.1. The molecular formula is C11H10N2O2. The van der Waals surface area contributed by atoms with Gasteiger partial charge in [0.15, 0.2) is 5.65 Å². The molecule has 0 aliphatic heterocycles. The summed E-state index contributed by atoms with van der Waals surface area (Å²) in [6.07, 6.45) is 3.23. The van der Waals surface area contributed by atoms with Gasteiger partial charge in [0.2, 0.25) is 0 Å². The van der Waals surface area contributed by atoms with Crippen molar-refractivity contribution in [2.24, 2.45) is 0 Å². The summed E-state index contributed by atoms with van der Waals surface area (Å²) in [5, 5.41) is 9.75. The largest absolute Gasteiger partial charge is 0.481 e. The van der Waals surface area contributed by atoms with Crippen molar-refractivity contribution in [1.82, 2.24) is 9.97 Å². The lowest BCUT2D eigenvalue weighted by Gasteiger charge is -2.08. The number of aromatic nitrogens is 2. The van der Waals surface area contributed by atoms with Gasteiger partial charge in [0.1, 0.15) is 0 Å². The Morgan fingerprint density at radius 3 is 2.80 bits per heavy atom. The maximum atomic E-state index is 10.9. The second-order valence-electron chi connectivity index (χ2n) is 3.33. The smallest absolute Gasteiger partial charge is 0.310 e. The van der Waals surface area contributed by atoms with Crippen molar-refractivity contribution in [3.05, 3.63) is 36.2 Å². The first-order valence-electron chi connectivity index (χ1n) is 4.62. The van der Waals surface area contributed by atoms with Crippen molar-refractivity contribution in [1.29, 1.82) is 0 Å². The van der Waals surface area contributed by atoms with Crippen LogP contribution in [0.25, 0.3) is 11.0 Å². The zero-order chi connectivity index (χ0) is 10.8. The second kappa shape index (κ2) is 3.65. The number of hydrogen-bond donors (Lipinski definition) is 1. The van der Waals surface area contributed by atoms with E-state index in [1.165, 1.54) is 0 Å². The Morgan fingerprint density at radius 1 is 1.33 bits per heavy atom. The van der Waals surface area contributed by atoms with Gasteiger partial charge in [0.25, 0.3) is 0 Å². The molecule has 0 radical (unpaired) electrons. The molecule has 2 aromatic rings. The molecule has 0 spiro atoms. The minimum atomic E-state index is -0.841. The highest BCUT2D eigenvalue weighted by molar-refractivity contribution is 5.86. The highest BCUT2D eigenvalue weighted by Gasteiger charge is 2.16. The van der Waals surface area contributed by atoms with Crippen LogP contribution in [0.2, 0.25) is 0 Å². The van der Waals surface area contributed by atoms with Crippen molar-refractivity contribution in [2.75, 3.05) is 0 Å². The minimum Gasteiger partial charge on any atom is -0.481 e. The van der Waals surface area contributed by atoms with Gasteiger partial charge in [-0.15, -0.1) is 0 Å². The molecule has 2 aromatic heterocycles. The van der Waals surface area contributed by atoms with E-state index in [0.717, 1.165) is 10.9 Å². The first-order chi connectivity index (χ1) is 7.20. The van der Waals surface area contributed by atoms with Crippen LogP contribution in [0.3, 0.4) is 0 Å². The summed E-state index contributed by atoms with van der Waals surface area (Å²) in [6, 6.07) is 5.34. The lowest BCUT2D eigenvalue weighted by Crippen LogP contribution is -2.08. The van der Waals surface area contributed by atoms with Gasteiger partial charge >= 0.3 is 5.97 Å². The third-order valence-electron chi connectivity index (χ3n) is 2.39. The van der Waals surface area contributed by atoms with E-state index in [-0.39, 0.29) is 0 Å². The van der Waals surface area contributed by atoms with Crippen LogP contribution in [0.5, 0.6) is 0 Å². The van der Waals surface area contributed by atoms with E-state index in [4.69, 9.17) is 5.11 Å². The average molecular weight is 202 g/mol. The number of nitrogens with zero attached hydrogens (tertiary/aromatic N) is 2. The van der Waals surface area contributed by atoms with Crippen LogP contribution < -0.4 is 0 Å². The molecule has 15 heavy (non-hydrogen) atoms. The third-order valence-corrected chi connectivity index (χ3v) is 2.39. The number of rotatable bonds is 2. The zero-order valence-corrected chi connectivity index (χ0v) is 8.21. The molecule has 1 N–H and O–H groups in total. The van der Waals surface area contributed by atoms with Gasteiger partial charge in [-0.05, 0) is 30.7 Å². The summed E-state index contributed by atoms with van der Waals surface area (Å²) in [5.74, 6) is -1.38. The predicted octanol–water partition coefficient (Wildman–Crippen LogP) is 1.82. The topological polar surface area (TPSA) is 63.1 Å². The number of pyridine rings is 2. The summed E-state index contributed by atoms with van der Waals surface area (Å²) < 4.78 is 0. The van der Waals surface area contributed by atoms with Gasteiger partial charge in [0, 0.05) is 17.8 Å². The summed E-state index contributed by atoms with van der Waals surface area (Å²) in [5.41, 5.74) is 1.34. The molecule has 0 aliphatic rings. The highest BCUT2D eigenvalue weighted by Crippen LogP contribution is 2.22. The number of carbonyl (C=O) groups is 1. The quantitative estimate of drug-likeness (QED) is 0.806. The number of aliphatic carboxylic acids is 1. The molecule has 0 amide bonds. The highest BCUT2D eigenvalue weighted by atomic mass is 16.4. The fourth-order valence-electron chi connectivity index (χ4n) is 1.51. The molecule has 0 saturated carbocycles. The first-order valence-corrected chi connectivity index (χ1v) is 4.62. The Balaban J connectivity index is 2.65. The molecular weight excluding hydrogens is 192 g/mol. The van der Waals surface area contributed by atoms with Crippen LogP contribution in [-0.4, -0.2) is 21.0 Å². The maximum absolute atomic E-state index is 10.9. The van der Waals surface area contributed by atoms with Gasteiger partial charge in [-0.3, -0.25) is 4.79 Å². The number of hydrogen-bond acceptors (Lipinski definition) is 3. The van der Waals surface area contributed by atoms with E-state index in [1.807, 2.05) is 6.07 Å². The van der Waals surface area contributed by atoms with Crippen molar-refractivity contribution in [3.63, 3.8) is 0 Å². The standard InChI is InChI=1S/C11H10N2O2/c1-7(11(14)15)8-4-6-13-10-9(8)3-2-5-12-10/h2-7H,1H3,(H,14,15). The molecule has 4 nitrogen and oxygen atoms in total. The van der Waals surface area contributed by atoms with Crippen LogP contribution >= 0.6 is 0 Å². The van der Waals surface area contributed by atoms with Gasteiger partial charge in [0.05, 0.1) is 5.92 Å². The van der Waals surface area contributed by atoms with E-state index >= 15 is 0 Å². The van der Waals surface area contributed by atoms with Crippen LogP contribution in [-0.2, 0) is 4.79 Å². The molecule has 1 unspecified atom stereocenters.